The highest BCUT2D eigenvalue weighted by Crippen LogP contribution is 2.22. The molecule has 0 unspecified atom stereocenters. The summed E-state index contributed by atoms with van der Waals surface area (Å²) in [7, 11) is 0. The molecule has 16 heavy (non-hydrogen) atoms. The van der Waals surface area contributed by atoms with Gasteiger partial charge in [0.25, 0.3) is 0 Å². The van der Waals surface area contributed by atoms with E-state index in [-0.39, 0.29) is 0 Å². The van der Waals surface area contributed by atoms with E-state index in [0.717, 1.165) is 32.0 Å². The summed E-state index contributed by atoms with van der Waals surface area (Å²) in [6.07, 6.45) is 1.64. The van der Waals surface area contributed by atoms with Gasteiger partial charge in [-0.1, -0.05) is 24.3 Å². The lowest BCUT2D eigenvalue weighted by Gasteiger charge is -2.05. The van der Waals surface area contributed by atoms with E-state index in [9.17, 15) is 5.21 Å². The molecule has 0 saturated heterocycles. The number of rotatable bonds is 0. The molecule has 2 nitrogen and oxygen atoms in total. The quantitative estimate of drug-likeness (QED) is 0.317. The van der Waals surface area contributed by atoms with E-state index in [4.69, 9.17) is 0 Å². The fourth-order valence-corrected chi connectivity index (χ4v) is 2.10. The molecule has 0 aliphatic carbocycles. The number of fused-ring (bicyclic) bond motifs is 3. The molecular weight excluding hydrogens is 198 g/mol. The third-order valence-corrected chi connectivity index (χ3v) is 2.90. The van der Waals surface area contributed by atoms with Gasteiger partial charge in [0, 0.05) is 16.8 Å². The maximum atomic E-state index is 11.9. The van der Waals surface area contributed by atoms with Crippen LogP contribution in [0.3, 0.4) is 0 Å². The van der Waals surface area contributed by atoms with Crippen molar-refractivity contribution < 1.29 is 4.73 Å². The van der Waals surface area contributed by atoms with E-state index in [0.29, 0.717) is 0 Å². The Labute approximate surface area is 93.3 Å². The van der Waals surface area contributed by atoms with Crippen LogP contribution in [0.4, 0.5) is 0 Å². The van der Waals surface area contributed by atoms with E-state index >= 15 is 0 Å². The summed E-state index contributed by atoms with van der Waals surface area (Å²) in [6.45, 7) is 1.99. The first-order valence-electron chi connectivity index (χ1n) is 5.27. The fourth-order valence-electron chi connectivity index (χ4n) is 2.10. The molecule has 0 aliphatic heterocycles. The number of aromatic nitrogens is 1. The van der Waals surface area contributed by atoms with E-state index in [1.807, 2.05) is 49.4 Å². The molecule has 0 radical (unpaired) electrons. The molecule has 2 aromatic carbocycles. The highest BCUT2D eigenvalue weighted by atomic mass is 16.5. The van der Waals surface area contributed by atoms with Crippen molar-refractivity contribution in [2.45, 2.75) is 6.92 Å². The number of hydrogen-bond donors (Lipinski definition) is 0. The lowest BCUT2D eigenvalue weighted by molar-refractivity contribution is -0.575. The van der Waals surface area contributed by atoms with Crippen LogP contribution in [0, 0.1) is 12.1 Å². The van der Waals surface area contributed by atoms with Crippen molar-refractivity contribution >= 4 is 21.7 Å². The molecule has 0 saturated carbocycles. The predicted molar refractivity (Wildman–Crippen MR) is 65.2 cm³/mol. The van der Waals surface area contributed by atoms with Gasteiger partial charge in [0.15, 0.2) is 6.20 Å². The van der Waals surface area contributed by atoms with Crippen molar-refractivity contribution in [3.63, 3.8) is 0 Å². The molecule has 2 heteroatoms. The predicted octanol–water partition coefficient (Wildman–Crippen LogP) is 2.93. The molecule has 78 valence electrons. The molecule has 0 amide bonds. The monoisotopic (exact) mass is 209 g/mol. The Hall–Kier alpha value is -2.09. The van der Waals surface area contributed by atoms with Crippen LogP contribution in [-0.4, -0.2) is 0 Å². The minimum absolute atomic E-state index is 0.735. The van der Waals surface area contributed by atoms with E-state index < -0.39 is 0 Å². The Balaban J connectivity index is 2.59. The van der Waals surface area contributed by atoms with Crippen LogP contribution in [0.2, 0.25) is 0 Å². The van der Waals surface area contributed by atoms with Gasteiger partial charge in [0.2, 0.25) is 5.52 Å². The zero-order chi connectivity index (χ0) is 11.1. The van der Waals surface area contributed by atoms with Gasteiger partial charge in [-0.2, -0.15) is 4.73 Å². The number of hydrogen-bond acceptors (Lipinski definition) is 1. The van der Waals surface area contributed by atoms with E-state index in [2.05, 4.69) is 0 Å². The van der Waals surface area contributed by atoms with Gasteiger partial charge >= 0.3 is 0 Å². The largest absolute Gasteiger partial charge is 0.618 e. The van der Waals surface area contributed by atoms with Crippen molar-refractivity contribution in [3.05, 3.63) is 59.4 Å². The third kappa shape index (κ3) is 1.23. The number of aryl methyl sites for hydroxylation is 1. The van der Waals surface area contributed by atoms with Gasteiger partial charge in [-0.15, -0.1) is 0 Å². The molecule has 1 heterocycles. The average Bonchev–Trinajstić information content (AvgIpc) is 2.29. The molecule has 0 N–H and O–H groups in total. The van der Waals surface area contributed by atoms with Crippen LogP contribution >= 0.6 is 0 Å². The minimum Gasteiger partial charge on any atom is -0.618 e. The van der Waals surface area contributed by atoms with Crippen LogP contribution in [0.15, 0.2) is 48.7 Å². The maximum Gasteiger partial charge on any atom is 0.224 e. The Morgan fingerprint density at radius 2 is 1.81 bits per heavy atom. The first-order valence-corrected chi connectivity index (χ1v) is 5.27. The zero-order valence-electron chi connectivity index (χ0n) is 8.97. The fraction of sp³-hybridized carbons (Fsp3) is 0.0714. The van der Waals surface area contributed by atoms with Crippen LogP contribution < -0.4 is 4.73 Å². The van der Waals surface area contributed by atoms with Crippen molar-refractivity contribution in [1.82, 2.24) is 0 Å². The highest BCUT2D eigenvalue weighted by molar-refractivity contribution is 6.03. The van der Waals surface area contributed by atoms with Crippen molar-refractivity contribution in [2.24, 2.45) is 0 Å². The molecule has 3 aromatic rings. The second-order valence-electron chi connectivity index (χ2n) is 4.06. The van der Waals surface area contributed by atoms with Gasteiger partial charge < -0.3 is 5.21 Å². The summed E-state index contributed by atoms with van der Waals surface area (Å²) in [5.41, 5.74) is 1.84. The van der Waals surface area contributed by atoms with Crippen molar-refractivity contribution in [3.8, 4) is 0 Å². The second-order valence-corrected chi connectivity index (χ2v) is 4.06. The molecule has 3 rings (SSSR count). The Bertz CT molecular complexity index is 689. The summed E-state index contributed by atoms with van der Waals surface area (Å²) in [5, 5.41) is 15.0. The van der Waals surface area contributed by atoms with Gasteiger partial charge in [0.05, 0.1) is 5.39 Å². The van der Waals surface area contributed by atoms with Crippen LogP contribution in [0.5, 0.6) is 0 Å². The normalized spacial score (nSPS) is 11.1. The standard InChI is InChI=1S/C14H11NO/c1-10-6-7-13-12-5-3-2-4-11(12)9-15(16)14(13)8-10/h2-9H,1H3. The third-order valence-electron chi connectivity index (χ3n) is 2.90. The first-order chi connectivity index (χ1) is 7.75. The topological polar surface area (TPSA) is 26.9 Å². The minimum atomic E-state index is 0.735. The zero-order valence-corrected chi connectivity index (χ0v) is 8.97. The second kappa shape index (κ2) is 3.20. The highest BCUT2D eigenvalue weighted by Gasteiger charge is 2.08. The smallest absolute Gasteiger partial charge is 0.224 e. The molecule has 1 aromatic heterocycles. The summed E-state index contributed by atoms with van der Waals surface area (Å²) in [5.74, 6) is 0. The van der Waals surface area contributed by atoms with Crippen molar-refractivity contribution in [1.29, 1.82) is 0 Å². The molecule has 0 spiro atoms. The van der Waals surface area contributed by atoms with Crippen LogP contribution in [-0.2, 0) is 0 Å². The number of pyridine rings is 1. The Morgan fingerprint density at radius 1 is 1.00 bits per heavy atom. The van der Waals surface area contributed by atoms with Gasteiger partial charge in [0.1, 0.15) is 0 Å². The first kappa shape index (κ1) is 9.16. The lowest BCUT2D eigenvalue weighted by Crippen LogP contribution is -2.26. The lowest BCUT2D eigenvalue weighted by atomic mass is 10.1. The average molecular weight is 209 g/mol. The summed E-state index contributed by atoms with van der Waals surface area (Å²) >= 11 is 0. The maximum absolute atomic E-state index is 11.9. The summed E-state index contributed by atoms with van der Waals surface area (Å²) in [4.78, 5) is 0. The van der Waals surface area contributed by atoms with Gasteiger partial charge in [-0.25, -0.2) is 0 Å². The Morgan fingerprint density at radius 3 is 2.69 bits per heavy atom. The van der Waals surface area contributed by atoms with Crippen LogP contribution in [0.25, 0.3) is 21.7 Å². The van der Waals surface area contributed by atoms with Gasteiger partial charge in [-0.3, -0.25) is 0 Å². The molecule has 0 atom stereocenters. The summed E-state index contributed by atoms with van der Waals surface area (Å²) < 4.78 is 0.949. The molecular formula is C14H11NO. The molecule has 0 bridgehead atoms. The Kier molecular flexibility index (Phi) is 1.83. The SMILES string of the molecule is Cc1ccc2c3ccccc3c[n+]([O-])c2c1. The number of benzene rings is 2. The summed E-state index contributed by atoms with van der Waals surface area (Å²) in [6, 6.07) is 13.9. The van der Waals surface area contributed by atoms with Gasteiger partial charge in [-0.05, 0) is 24.6 Å². The van der Waals surface area contributed by atoms with E-state index in [1.54, 1.807) is 6.20 Å². The number of nitrogens with zero attached hydrogens (tertiary/aromatic N) is 1. The molecule has 0 fully saturated rings. The molecule has 0 aliphatic rings. The van der Waals surface area contributed by atoms with Crippen molar-refractivity contribution in [2.75, 3.05) is 0 Å². The van der Waals surface area contributed by atoms with Crippen LogP contribution in [0.1, 0.15) is 5.56 Å². The van der Waals surface area contributed by atoms with E-state index in [1.165, 1.54) is 0 Å².